The Bertz CT molecular complexity index is 1260. The summed E-state index contributed by atoms with van der Waals surface area (Å²) >= 11 is 0. The molecule has 2 aromatic heterocycles. The first-order chi connectivity index (χ1) is 16.3. The zero-order valence-electron chi connectivity index (χ0n) is 19.7. The van der Waals surface area contributed by atoms with Crippen LogP contribution >= 0.6 is 0 Å². The summed E-state index contributed by atoms with van der Waals surface area (Å²) in [6.45, 7) is 5.81. The van der Waals surface area contributed by atoms with Gasteiger partial charge in [-0.25, -0.2) is 18.4 Å². The number of nitrogens with zero attached hydrogens (tertiary/aromatic N) is 4. The Balaban J connectivity index is 1.98. The van der Waals surface area contributed by atoms with Crippen molar-refractivity contribution in [3.63, 3.8) is 0 Å². The Kier molecular flexibility index (Phi) is 8.38. The molecular formula is C24H31N5O4S. The zero-order chi connectivity index (χ0) is 24.7. The van der Waals surface area contributed by atoms with Gasteiger partial charge in [-0.3, -0.25) is 14.1 Å². The lowest BCUT2D eigenvalue weighted by molar-refractivity contribution is 0.432. The zero-order valence-corrected chi connectivity index (χ0v) is 20.5. The molecule has 0 aliphatic carbocycles. The van der Waals surface area contributed by atoms with Gasteiger partial charge in [0.05, 0.1) is 11.8 Å². The Labute approximate surface area is 200 Å². The standard InChI is InChI=1S/C24H31N5O4S/c1-4-6-12-21-27-23(30)22(24(31)29(21)19(5-2)18-10-8-7-9-11-18)28-34(32,33)14-13-20-25-15-17(3)16-26-20/h7-11,15-16,19,28,30H,4-6,12-14H2,1-3H3/t19-/m1/s1. The van der Waals surface area contributed by atoms with Crippen molar-refractivity contribution < 1.29 is 13.5 Å². The second kappa shape index (κ2) is 11.2. The minimum absolute atomic E-state index is 0.0637. The molecule has 3 aromatic rings. The van der Waals surface area contributed by atoms with E-state index in [0.717, 1.165) is 24.0 Å². The third-order valence-electron chi connectivity index (χ3n) is 5.49. The number of unbranched alkanes of at least 4 members (excludes halogenated alkanes) is 1. The van der Waals surface area contributed by atoms with Crippen LogP contribution in [0.3, 0.4) is 0 Å². The van der Waals surface area contributed by atoms with Crippen molar-refractivity contribution in [2.24, 2.45) is 0 Å². The van der Waals surface area contributed by atoms with Gasteiger partial charge in [0, 0.05) is 25.2 Å². The molecule has 0 aliphatic rings. The third-order valence-corrected chi connectivity index (χ3v) is 6.75. The van der Waals surface area contributed by atoms with Crippen LogP contribution in [-0.4, -0.2) is 38.8 Å². The largest absolute Gasteiger partial charge is 0.492 e. The Morgan fingerprint density at radius 3 is 2.38 bits per heavy atom. The normalized spacial score (nSPS) is 12.4. The van der Waals surface area contributed by atoms with Gasteiger partial charge in [-0.15, -0.1) is 0 Å². The summed E-state index contributed by atoms with van der Waals surface area (Å²) in [4.78, 5) is 26.0. The maximum absolute atomic E-state index is 13.5. The number of aromatic hydroxyl groups is 1. The number of hydrogen-bond acceptors (Lipinski definition) is 7. The molecule has 34 heavy (non-hydrogen) atoms. The second-order valence-corrected chi connectivity index (χ2v) is 10.0. The van der Waals surface area contributed by atoms with Crippen molar-refractivity contribution in [2.75, 3.05) is 10.5 Å². The van der Waals surface area contributed by atoms with Crippen LogP contribution in [0.5, 0.6) is 5.88 Å². The van der Waals surface area contributed by atoms with Gasteiger partial charge in [0.25, 0.3) is 5.56 Å². The van der Waals surface area contributed by atoms with E-state index in [-0.39, 0.29) is 18.2 Å². The van der Waals surface area contributed by atoms with Crippen molar-refractivity contribution in [1.29, 1.82) is 0 Å². The molecule has 182 valence electrons. The summed E-state index contributed by atoms with van der Waals surface area (Å²) in [6, 6.07) is 9.16. The summed E-state index contributed by atoms with van der Waals surface area (Å²) in [5.74, 6) is -0.162. The van der Waals surface area contributed by atoms with E-state index in [1.54, 1.807) is 12.4 Å². The SMILES string of the molecule is CCCCc1nc(O)c(NS(=O)(=O)CCc2ncc(C)cn2)c(=O)n1[C@H](CC)c1ccccc1. The monoisotopic (exact) mass is 485 g/mol. The van der Waals surface area contributed by atoms with Crippen LogP contribution in [0.2, 0.25) is 0 Å². The van der Waals surface area contributed by atoms with Crippen LogP contribution in [-0.2, 0) is 22.9 Å². The van der Waals surface area contributed by atoms with Crippen LogP contribution in [0.4, 0.5) is 5.69 Å². The molecule has 10 heteroatoms. The number of nitrogens with one attached hydrogen (secondary N) is 1. The van der Waals surface area contributed by atoms with Crippen molar-refractivity contribution >= 4 is 15.7 Å². The number of aryl methyl sites for hydroxylation is 3. The van der Waals surface area contributed by atoms with Crippen LogP contribution in [0, 0.1) is 6.92 Å². The second-order valence-electron chi connectivity index (χ2n) is 8.19. The Hall–Kier alpha value is -3.27. The molecule has 2 N–H and O–H groups in total. The van der Waals surface area contributed by atoms with Crippen LogP contribution < -0.4 is 10.3 Å². The van der Waals surface area contributed by atoms with Gasteiger partial charge in [0.15, 0.2) is 5.69 Å². The lowest BCUT2D eigenvalue weighted by Crippen LogP contribution is -2.33. The first-order valence-electron chi connectivity index (χ1n) is 11.4. The summed E-state index contributed by atoms with van der Waals surface area (Å²) in [7, 11) is -3.97. The summed E-state index contributed by atoms with van der Waals surface area (Å²) in [5, 5.41) is 10.5. The van der Waals surface area contributed by atoms with Gasteiger partial charge in [-0.05, 0) is 30.9 Å². The first kappa shape index (κ1) is 25.4. The van der Waals surface area contributed by atoms with E-state index in [9.17, 15) is 18.3 Å². The smallest absolute Gasteiger partial charge is 0.282 e. The van der Waals surface area contributed by atoms with Gasteiger partial charge in [-0.1, -0.05) is 50.6 Å². The van der Waals surface area contributed by atoms with Gasteiger partial charge in [0.1, 0.15) is 11.6 Å². The molecule has 0 bridgehead atoms. The third kappa shape index (κ3) is 6.19. The van der Waals surface area contributed by atoms with Crippen molar-refractivity contribution in [2.45, 2.75) is 58.9 Å². The molecule has 0 aliphatic heterocycles. The predicted octanol–water partition coefficient (Wildman–Crippen LogP) is 3.37. The number of sulfonamides is 1. The van der Waals surface area contributed by atoms with E-state index in [1.165, 1.54) is 4.57 Å². The molecule has 0 saturated carbocycles. The van der Waals surface area contributed by atoms with Crippen LogP contribution in [0.1, 0.15) is 61.9 Å². The topological polar surface area (TPSA) is 127 Å². The molecule has 1 aromatic carbocycles. The molecule has 0 amide bonds. The van der Waals surface area contributed by atoms with Gasteiger partial charge < -0.3 is 5.11 Å². The lowest BCUT2D eigenvalue weighted by Gasteiger charge is -2.23. The number of anilines is 1. The number of benzene rings is 1. The summed E-state index contributed by atoms with van der Waals surface area (Å²) in [6.07, 6.45) is 6.02. The van der Waals surface area contributed by atoms with Crippen LogP contribution in [0.15, 0.2) is 47.5 Å². The molecular weight excluding hydrogens is 454 g/mol. The Morgan fingerprint density at radius 2 is 1.76 bits per heavy atom. The molecule has 0 spiro atoms. The molecule has 3 rings (SSSR count). The van der Waals surface area contributed by atoms with Crippen LogP contribution in [0.25, 0.3) is 0 Å². The van der Waals surface area contributed by atoms with Crippen molar-refractivity contribution in [3.8, 4) is 5.88 Å². The molecule has 9 nitrogen and oxygen atoms in total. The minimum atomic E-state index is -3.97. The van der Waals surface area contributed by atoms with E-state index in [4.69, 9.17) is 0 Å². The van der Waals surface area contributed by atoms with E-state index < -0.39 is 27.1 Å². The maximum Gasteiger partial charge on any atom is 0.282 e. The van der Waals surface area contributed by atoms with E-state index >= 15 is 0 Å². The van der Waals surface area contributed by atoms with Gasteiger partial charge >= 0.3 is 0 Å². The fraction of sp³-hybridized carbons (Fsp3) is 0.417. The molecule has 0 fully saturated rings. The minimum Gasteiger partial charge on any atom is -0.492 e. The number of aromatic nitrogens is 4. The lowest BCUT2D eigenvalue weighted by atomic mass is 10.0. The molecule has 1 atom stereocenters. The average Bonchev–Trinajstić information content (AvgIpc) is 2.83. The number of hydrogen-bond donors (Lipinski definition) is 2. The van der Waals surface area contributed by atoms with E-state index in [1.807, 2.05) is 51.1 Å². The molecule has 0 radical (unpaired) electrons. The highest BCUT2D eigenvalue weighted by atomic mass is 32.2. The van der Waals surface area contributed by atoms with Gasteiger partial charge in [-0.2, -0.15) is 4.98 Å². The molecule has 2 heterocycles. The highest BCUT2D eigenvalue weighted by molar-refractivity contribution is 7.92. The maximum atomic E-state index is 13.5. The van der Waals surface area contributed by atoms with Gasteiger partial charge in [0.2, 0.25) is 15.9 Å². The fourth-order valence-corrected chi connectivity index (χ4v) is 4.75. The van der Waals surface area contributed by atoms with Crippen molar-refractivity contribution in [3.05, 3.63) is 75.9 Å². The summed E-state index contributed by atoms with van der Waals surface area (Å²) in [5.41, 5.74) is 0.708. The first-order valence-corrected chi connectivity index (χ1v) is 13.1. The van der Waals surface area contributed by atoms with E-state index in [0.29, 0.717) is 24.5 Å². The van der Waals surface area contributed by atoms with Crippen molar-refractivity contribution in [1.82, 2.24) is 19.5 Å². The summed E-state index contributed by atoms with van der Waals surface area (Å²) < 4.78 is 29.3. The molecule has 0 saturated heterocycles. The Morgan fingerprint density at radius 1 is 1.09 bits per heavy atom. The fourth-order valence-electron chi connectivity index (χ4n) is 3.71. The molecule has 0 unspecified atom stereocenters. The highest BCUT2D eigenvalue weighted by Gasteiger charge is 2.25. The average molecular weight is 486 g/mol. The predicted molar refractivity (Wildman–Crippen MR) is 132 cm³/mol. The quantitative estimate of drug-likeness (QED) is 0.426. The van der Waals surface area contributed by atoms with E-state index in [2.05, 4.69) is 19.7 Å². The highest BCUT2D eigenvalue weighted by Crippen LogP contribution is 2.26. The number of rotatable bonds is 11.